The van der Waals surface area contributed by atoms with Crippen LogP contribution < -0.4 is 9.62 Å². The summed E-state index contributed by atoms with van der Waals surface area (Å²) in [5.74, 6) is -0.0451. The number of anilines is 2. The van der Waals surface area contributed by atoms with Gasteiger partial charge in [-0.2, -0.15) is 0 Å². The van der Waals surface area contributed by atoms with Gasteiger partial charge < -0.3 is 4.90 Å². The summed E-state index contributed by atoms with van der Waals surface area (Å²) >= 11 is 1.17. The fraction of sp³-hybridized carbons (Fsp3) is 0.105. The first-order valence-corrected chi connectivity index (χ1v) is 10.5. The van der Waals surface area contributed by atoms with Gasteiger partial charge in [-0.3, -0.25) is 9.52 Å². The van der Waals surface area contributed by atoms with E-state index in [9.17, 15) is 13.2 Å². The molecule has 0 fully saturated rings. The molecular formula is C19H16N2O3S2. The van der Waals surface area contributed by atoms with Crippen LogP contribution in [0.25, 0.3) is 0 Å². The van der Waals surface area contributed by atoms with Crippen molar-refractivity contribution in [2.45, 2.75) is 10.6 Å². The topological polar surface area (TPSA) is 66.5 Å². The van der Waals surface area contributed by atoms with Crippen molar-refractivity contribution in [1.29, 1.82) is 0 Å². The normalized spacial score (nSPS) is 13.5. The average molecular weight is 384 g/mol. The highest BCUT2D eigenvalue weighted by Crippen LogP contribution is 2.32. The highest BCUT2D eigenvalue weighted by molar-refractivity contribution is 7.94. The molecule has 0 atom stereocenters. The number of hydrogen-bond donors (Lipinski definition) is 1. The number of sulfonamides is 1. The molecule has 1 N–H and O–H groups in total. The number of benzene rings is 2. The van der Waals surface area contributed by atoms with Crippen LogP contribution in [0, 0.1) is 0 Å². The summed E-state index contributed by atoms with van der Waals surface area (Å²) in [5.41, 5.74) is 2.94. The van der Waals surface area contributed by atoms with E-state index in [1.807, 2.05) is 18.2 Å². The van der Waals surface area contributed by atoms with Crippen molar-refractivity contribution >= 4 is 38.6 Å². The van der Waals surface area contributed by atoms with Crippen molar-refractivity contribution in [3.63, 3.8) is 0 Å². The minimum Gasteiger partial charge on any atom is -0.308 e. The number of nitrogens with zero attached hydrogens (tertiary/aromatic N) is 1. The van der Waals surface area contributed by atoms with Gasteiger partial charge in [0.05, 0.1) is 0 Å². The Bertz CT molecular complexity index is 1050. The second-order valence-electron chi connectivity index (χ2n) is 5.95. The molecule has 5 nitrogen and oxygen atoms in total. The van der Waals surface area contributed by atoms with E-state index in [0.29, 0.717) is 24.2 Å². The SMILES string of the molecule is O=C(c1ccccc1)N1CCc2cc(NS(=O)(=O)c3cccs3)ccc21. The lowest BCUT2D eigenvalue weighted by Crippen LogP contribution is -2.28. The molecule has 4 rings (SSSR count). The number of nitrogens with one attached hydrogen (secondary N) is 1. The van der Waals surface area contributed by atoms with Crippen LogP contribution in [0.4, 0.5) is 11.4 Å². The molecule has 0 saturated heterocycles. The number of amides is 1. The van der Waals surface area contributed by atoms with Crippen molar-refractivity contribution in [3.8, 4) is 0 Å². The van der Waals surface area contributed by atoms with E-state index in [-0.39, 0.29) is 10.1 Å². The van der Waals surface area contributed by atoms with E-state index in [2.05, 4.69) is 4.72 Å². The van der Waals surface area contributed by atoms with Gasteiger partial charge in [0.15, 0.2) is 0 Å². The van der Waals surface area contributed by atoms with Gasteiger partial charge in [0, 0.05) is 23.5 Å². The van der Waals surface area contributed by atoms with Crippen LogP contribution in [-0.4, -0.2) is 20.9 Å². The average Bonchev–Trinajstić information content (AvgIpc) is 3.31. The fourth-order valence-electron chi connectivity index (χ4n) is 3.03. The Labute approximate surface area is 156 Å². The fourth-order valence-corrected chi connectivity index (χ4v) is 5.08. The lowest BCUT2D eigenvalue weighted by atomic mass is 10.1. The smallest absolute Gasteiger partial charge is 0.271 e. The Kier molecular flexibility index (Phi) is 4.26. The predicted octanol–water partition coefficient (Wildman–Crippen LogP) is 3.75. The van der Waals surface area contributed by atoms with Gasteiger partial charge in [-0.25, -0.2) is 8.42 Å². The predicted molar refractivity (Wildman–Crippen MR) is 103 cm³/mol. The molecule has 0 spiro atoms. The van der Waals surface area contributed by atoms with E-state index in [1.54, 1.807) is 52.7 Å². The van der Waals surface area contributed by atoms with E-state index in [1.165, 1.54) is 11.3 Å². The lowest BCUT2D eigenvalue weighted by molar-refractivity contribution is 0.0989. The molecule has 0 radical (unpaired) electrons. The number of carbonyl (C=O) groups excluding carboxylic acids is 1. The molecule has 0 unspecified atom stereocenters. The van der Waals surface area contributed by atoms with Gasteiger partial charge in [0.25, 0.3) is 15.9 Å². The molecule has 1 aromatic heterocycles. The van der Waals surface area contributed by atoms with Crippen molar-refractivity contribution in [3.05, 3.63) is 77.2 Å². The van der Waals surface area contributed by atoms with Crippen LogP contribution in [0.5, 0.6) is 0 Å². The number of fused-ring (bicyclic) bond motifs is 1. The molecule has 132 valence electrons. The van der Waals surface area contributed by atoms with Crippen LogP contribution in [-0.2, 0) is 16.4 Å². The van der Waals surface area contributed by atoms with Crippen molar-refractivity contribution in [2.75, 3.05) is 16.2 Å². The number of hydrogen-bond acceptors (Lipinski definition) is 4. The Balaban J connectivity index is 1.58. The van der Waals surface area contributed by atoms with Crippen LogP contribution in [0.2, 0.25) is 0 Å². The van der Waals surface area contributed by atoms with E-state index < -0.39 is 10.0 Å². The summed E-state index contributed by atoms with van der Waals surface area (Å²) in [6.45, 7) is 0.587. The quantitative estimate of drug-likeness (QED) is 0.745. The van der Waals surface area contributed by atoms with Crippen LogP contribution in [0.15, 0.2) is 70.3 Å². The molecule has 0 saturated carbocycles. The molecule has 1 amide bonds. The number of carbonyl (C=O) groups is 1. The molecule has 7 heteroatoms. The molecule has 2 heterocycles. The molecule has 1 aliphatic heterocycles. The van der Waals surface area contributed by atoms with Gasteiger partial charge in [0.1, 0.15) is 4.21 Å². The molecule has 0 bridgehead atoms. The minimum atomic E-state index is -3.57. The Morgan fingerprint density at radius 2 is 1.85 bits per heavy atom. The molecular weight excluding hydrogens is 368 g/mol. The second-order valence-corrected chi connectivity index (χ2v) is 8.81. The first-order valence-electron chi connectivity index (χ1n) is 8.11. The standard InChI is InChI=1S/C19H16N2O3S2/c22-19(14-5-2-1-3-6-14)21-11-10-15-13-16(8-9-17(15)21)20-26(23,24)18-7-4-12-25-18/h1-9,12-13,20H,10-11H2. The molecule has 0 aliphatic carbocycles. The third kappa shape index (κ3) is 3.11. The highest BCUT2D eigenvalue weighted by atomic mass is 32.2. The summed E-state index contributed by atoms with van der Waals surface area (Å²) in [5, 5.41) is 1.73. The van der Waals surface area contributed by atoms with Crippen LogP contribution in [0.1, 0.15) is 15.9 Å². The zero-order valence-electron chi connectivity index (χ0n) is 13.8. The van der Waals surface area contributed by atoms with Gasteiger partial charge in [0.2, 0.25) is 0 Å². The zero-order chi connectivity index (χ0) is 18.1. The first kappa shape index (κ1) is 16.8. The first-order chi connectivity index (χ1) is 12.5. The third-order valence-electron chi connectivity index (χ3n) is 4.25. The van der Waals surface area contributed by atoms with Gasteiger partial charge in [-0.1, -0.05) is 24.3 Å². The lowest BCUT2D eigenvalue weighted by Gasteiger charge is -2.17. The van der Waals surface area contributed by atoms with Crippen molar-refractivity contribution in [1.82, 2.24) is 0 Å². The van der Waals surface area contributed by atoms with E-state index in [4.69, 9.17) is 0 Å². The largest absolute Gasteiger partial charge is 0.308 e. The molecule has 2 aromatic carbocycles. The van der Waals surface area contributed by atoms with Crippen LogP contribution >= 0.6 is 11.3 Å². The van der Waals surface area contributed by atoms with Gasteiger partial charge in [-0.05, 0) is 53.8 Å². The summed E-state index contributed by atoms with van der Waals surface area (Å²) in [6.07, 6.45) is 0.697. The maximum Gasteiger partial charge on any atom is 0.271 e. The maximum atomic E-state index is 12.7. The van der Waals surface area contributed by atoms with Crippen molar-refractivity contribution < 1.29 is 13.2 Å². The number of rotatable bonds is 4. The summed E-state index contributed by atoms with van der Waals surface area (Å²) < 4.78 is 27.6. The van der Waals surface area contributed by atoms with Crippen molar-refractivity contribution in [2.24, 2.45) is 0 Å². The second kappa shape index (κ2) is 6.59. The monoisotopic (exact) mass is 384 g/mol. The van der Waals surface area contributed by atoms with E-state index >= 15 is 0 Å². The Morgan fingerprint density at radius 3 is 2.58 bits per heavy atom. The Hall–Kier alpha value is -2.64. The maximum absolute atomic E-state index is 12.7. The molecule has 1 aliphatic rings. The van der Waals surface area contributed by atoms with Crippen LogP contribution in [0.3, 0.4) is 0 Å². The summed E-state index contributed by atoms with van der Waals surface area (Å²) in [4.78, 5) is 14.4. The summed E-state index contributed by atoms with van der Waals surface area (Å²) in [7, 11) is -3.57. The third-order valence-corrected chi connectivity index (χ3v) is 7.03. The Morgan fingerprint density at radius 1 is 1.04 bits per heavy atom. The number of thiophene rings is 1. The van der Waals surface area contributed by atoms with Gasteiger partial charge >= 0.3 is 0 Å². The van der Waals surface area contributed by atoms with E-state index in [0.717, 1.165) is 11.3 Å². The molecule has 3 aromatic rings. The summed E-state index contributed by atoms with van der Waals surface area (Å²) in [6, 6.07) is 17.7. The molecule has 26 heavy (non-hydrogen) atoms. The van der Waals surface area contributed by atoms with Gasteiger partial charge in [-0.15, -0.1) is 11.3 Å². The zero-order valence-corrected chi connectivity index (χ0v) is 15.4. The minimum absolute atomic E-state index is 0.0451. The highest BCUT2D eigenvalue weighted by Gasteiger charge is 2.26.